The molecular weight excluding hydrogens is 382 g/mol. The van der Waals surface area contributed by atoms with Gasteiger partial charge >= 0.3 is 0 Å². The fourth-order valence-electron chi connectivity index (χ4n) is 3.39. The number of pyridine rings is 1. The van der Waals surface area contributed by atoms with Crippen molar-refractivity contribution in [2.45, 2.75) is 51.5 Å². The molecule has 0 bridgehead atoms. The molecule has 0 radical (unpaired) electrons. The van der Waals surface area contributed by atoms with Crippen molar-refractivity contribution in [2.24, 2.45) is 0 Å². The molecule has 152 valence electrons. The Balaban J connectivity index is 1.86. The Kier molecular flexibility index (Phi) is 7.04. The molecule has 0 spiro atoms. The van der Waals surface area contributed by atoms with Crippen LogP contribution in [0.25, 0.3) is 11.4 Å². The Morgan fingerprint density at radius 2 is 1.76 bits per heavy atom. The zero-order valence-corrected chi connectivity index (χ0v) is 18.1. The van der Waals surface area contributed by atoms with E-state index < -0.39 is 0 Å². The van der Waals surface area contributed by atoms with Crippen LogP contribution in [0.1, 0.15) is 33.3 Å². The van der Waals surface area contributed by atoms with Gasteiger partial charge in [0, 0.05) is 30.0 Å². The minimum absolute atomic E-state index is 0.109. The molecule has 0 fully saturated rings. The van der Waals surface area contributed by atoms with Crippen molar-refractivity contribution in [3.63, 3.8) is 0 Å². The van der Waals surface area contributed by atoms with E-state index in [0.717, 1.165) is 22.1 Å². The molecule has 1 aromatic carbocycles. The SMILES string of the molecule is CC(C)N(C(=O)CSc1nnc(-c2cccnc2)n1Cc1ccccc1)C(C)C. The topological polar surface area (TPSA) is 63.9 Å². The first-order valence-electron chi connectivity index (χ1n) is 9.79. The highest BCUT2D eigenvalue weighted by Crippen LogP contribution is 2.25. The number of nitrogens with zero attached hydrogens (tertiary/aromatic N) is 5. The number of hydrogen-bond donors (Lipinski definition) is 0. The standard InChI is InChI=1S/C22H27N5OS/c1-16(2)27(17(3)4)20(28)15-29-22-25-24-21(19-11-8-12-23-13-19)26(22)14-18-9-6-5-7-10-18/h5-13,16-17H,14-15H2,1-4H3. The third-order valence-corrected chi connectivity index (χ3v) is 5.50. The second-order valence-electron chi connectivity index (χ2n) is 7.40. The number of benzene rings is 1. The second-order valence-corrected chi connectivity index (χ2v) is 8.34. The molecule has 7 heteroatoms. The number of amides is 1. The maximum Gasteiger partial charge on any atom is 0.233 e. The lowest BCUT2D eigenvalue weighted by Gasteiger charge is -2.30. The summed E-state index contributed by atoms with van der Waals surface area (Å²) in [6, 6.07) is 14.4. The lowest BCUT2D eigenvalue weighted by Crippen LogP contribution is -2.43. The van der Waals surface area contributed by atoms with Crippen molar-refractivity contribution < 1.29 is 4.79 Å². The molecule has 29 heavy (non-hydrogen) atoms. The third kappa shape index (κ3) is 5.23. The molecular formula is C22H27N5OS. The summed E-state index contributed by atoms with van der Waals surface area (Å²) in [5.74, 6) is 1.19. The first-order chi connectivity index (χ1) is 14.0. The molecule has 0 aliphatic rings. The van der Waals surface area contributed by atoms with Crippen molar-refractivity contribution >= 4 is 17.7 Å². The van der Waals surface area contributed by atoms with Crippen LogP contribution in [0.5, 0.6) is 0 Å². The lowest BCUT2D eigenvalue weighted by molar-refractivity contribution is -0.131. The molecule has 0 aliphatic heterocycles. The van der Waals surface area contributed by atoms with Crippen molar-refractivity contribution in [3.05, 3.63) is 60.4 Å². The van der Waals surface area contributed by atoms with E-state index in [-0.39, 0.29) is 18.0 Å². The zero-order valence-electron chi connectivity index (χ0n) is 17.3. The number of carbonyl (C=O) groups is 1. The summed E-state index contributed by atoms with van der Waals surface area (Å²) in [6.45, 7) is 8.80. The summed E-state index contributed by atoms with van der Waals surface area (Å²) in [5, 5.41) is 9.52. The van der Waals surface area contributed by atoms with Crippen molar-refractivity contribution in [1.82, 2.24) is 24.6 Å². The number of aromatic nitrogens is 4. The van der Waals surface area contributed by atoms with Crippen LogP contribution in [-0.4, -0.2) is 48.4 Å². The van der Waals surface area contributed by atoms with Crippen LogP contribution >= 0.6 is 11.8 Å². The number of thioether (sulfide) groups is 1. The Morgan fingerprint density at radius 1 is 1.03 bits per heavy atom. The molecule has 2 aromatic heterocycles. The van der Waals surface area contributed by atoms with Crippen LogP contribution in [0.15, 0.2) is 60.0 Å². The van der Waals surface area contributed by atoms with Gasteiger partial charge < -0.3 is 4.90 Å². The second kappa shape index (κ2) is 9.69. The van der Waals surface area contributed by atoms with E-state index >= 15 is 0 Å². The predicted molar refractivity (Wildman–Crippen MR) is 117 cm³/mol. The normalized spacial score (nSPS) is 11.2. The quantitative estimate of drug-likeness (QED) is 0.524. The van der Waals surface area contributed by atoms with Crippen LogP contribution in [0, 0.1) is 0 Å². The summed E-state index contributed by atoms with van der Waals surface area (Å²) in [6.07, 6.45) is 3.52. The van der Waals surface area contributed by atoms with E-state index in [2.05, 4.69) is 31.9 Å². The van der Waals surface area contributed by atoms with Gasteiger partial charge in [0.25, 0.3) is 0 Å². The molecule has 0 saturated heterocycles. The molecule has 3 rings (SSSR count). The van der Waals surface area contributed by atoms with Gasteiger partial charge in [-0.3, -0.25) is 14.3 Å². The monoisotopic (exact) mass is 409 g/mol. The van der Waals surface area contributed by atoms with E-state index in [1.807, 2.05) is 62.9 Å². The van der Waals surface area contributed by atoms with Gasteiger partial charge in [-0.2, -0.15) is 0 Å². The van der Waals surface area contributed by atoms with Gasteiger partial charge in [0.15, 0.2) is 11.0 Å². The highest BCUT2D eigenvalue weighted by molar-refractivity contribution is 7.99. The average molecular weight is 410 g/mol. The Labute approximate surface area is 176 Å². The van der Waals surface area contributed by atoms with Crippen LogP contribution < -0.4 is 0 Å². The molecule has 0 aliphatic carbocycles. The largest absolute Gasteiger partial charge is 0.337 e. The van der Waals surface area contributed by atoms with Crippen LogP contribution in [-0.2, 0) is 11.3 Å². The van der Waals surface area contributed by atoms with Gasteiger partial charge in [-0.1, -0.05) is 42.1 Å². The van der Waals surface area contributed by atoms with Gasteiger partial charge in [-0.15, -0.1) is 10.2 Å². The predicted octanol–water partition coefficient (Wildman–Crippen LogP) is 4.13. The van der Waals surface area contributed by atoms with Crippen molar-refractivity contribution in [2.75, 3.05) is 5.75 Å². The summed E-state index contributed by atoms with van der Waals surface area (Å²) >= 11 is 1.43. The highest BCUT2D eigenvalue weighted by Gasteiger charge is 2.22. The van der Waals surface area contributed by atoms with Crippen molar-refractivity contribution in [3.8, 4) is 11.4 Å². The maximum atomic E-state index is 12.8. The number of hydrogen-bond acceptors (Lipinski definition) is 5. The molecule has 3 aromatic rings. The zero-order chi connectivity index (χ0) is 20.8. The fourth-order valence-corrected chi connectivity index (χ4v) is 4.19. The van der Waals surface area contributed by atoms with Crippen LogP contribution in [0.4, 0.5) is 0 Å². The maximum absolute atomic E-state index is 12.8. The summed E-state index contributed by atoms with van der Waals surface area (Å²) in [5.41, 5.74) is 2.05. The molecule has 0 unspecified atom stereocenters. The van der Waals surface area contributed by atoms with E-state index in [9.17, 15) is 4.79 Å². The molecule has 0 atom stereocenters. The minimum Gasteiger partial charge on any atom is -0.337 e. The first kappa shape index (κ1) is 21.0. The highest BCUT2D eigenvalue weighted by atomic mass is 32.2. The van der Waals surface area contributed by atoms with E-state index in [1.165, 1.54) is 11.8 Å². The Bertz CT molecular complexity index is 917. The van der Waals surface area contributed by atoms with Gasteiger partial charge in [0.2, 0.25) is 5.91 Å². The Hall–Kier alpha value is -2.67. The lowest BCUT2D eigenvalue weighted by atomic mass is 10.2. The van der Waals surface area contributed by atoms with E-state index in [1.54, 1.807) is 12.4 Å². The summed E-state index contributed by atoms with van der Waals surface area (Å²) in [7, 11) is 0. The molecule has 1 amide bonds. The van der Waals surface area contributed by atoms with Gasteiger partial charge in [-0.05, 0) is 45.4 Å². The minimum atomic E-state index is 0.109. The molecule has 0 N–H and O–H groups in total. The molecule has 0 saturated carbocycles. The van der Waals surface area contributed by atoms with E-state index in [4.69, 9.17) is 0 Å². The van der Waals surface area contributed by atoms with Gasteiger partial charge in [0.05, 0.1) is 12.3 Å². The average Bonchev–Trinajstić information content (AvgIpc) is 3.09. The van der Waals surface area contributed by atoms with Crippen LogP contribution in [0.2, 0.25) is 0 Å². The van der Waals surface area contributed by atoms with E-state index in [0.29, 0.717) is 12.3 Å². The number of rotatable bonds is 8. The number of carbonyl (C=O) groups excluding carboxylic acids is 1. The smallest absolute Gasteiger partial charge is 0.233 e. The summed E-state index contributed by atoms with van der Waals surface area (Å²) < 4.78 is 2.05. The molecule has 2 heterocycles. The third-order valence-electron chi connectivity index (χ3n) is 4.55. The summed E-state index contributed by atoms with van der Waals surface area (Å²) in [4.78, 5) is 18.9. The fraction of sp³-hybridized carbons (Fsp3) is 0.364. The van der Waals surface area contributed by atoms with Gasteiger partial charge in [0.1, 0.15) is 0 Å². The van der Waals surface area contributed by atoms with Crippen molar-refractivity contribution in [1.29, 1.82) is 0 Å². The van der Waals surface area contributed by atoms with Crippen LogP contribution in [0.3, 0.4) is 0 Å². The first-order valence-corrected chi connectivity index (χ1v) is 10.8. The molecule has 6 nitrogen and oxygen atoms in total. The Morgan fingerprint density at radius 3 is 2.38 bits per heavy atom. The van der Waals surface area contributed by atoms with Gasteiger partial charge in [-0.25, -0.2) is 0 Å².